The molecule has 2 aliphatic heterocycles. The van der Waals surface area contributed by atoms with Crippen molar-refractivity contribution in [3.63, 3.8) is 0 Å². The normalized spacial score (nSPS) is 14.5. The van der Waals surface area contributed by atoms with Crippen LogP contribution in [0.15, 0.2) is 87.2 Å². The van der Waals surface area contributed by atoms with Crippen molar-refractivity contribution in [1.82, 2.24) is 0 Å². The number of carbonyl (C=O) groups is 3. The predicted octanol–water partition coefficient (Wildman–Crippen LogP) is 12.5. The molecule has 76 heavy (non-hydrogen) atoms. The minimum absolute atomic E-state index is 0.0297. The zero-order chi connectivity index (χ0) is 56.4. The van der Waals surface area contributed by atoms with Gasteiger partial charge in [-0.1, -0.05) is 29.4 Å². The number of rotatable bonds is 5. The summed E-state index contributed by atoms with van der Waals surface area (Å²) in [5.41, 5.74) is 8.86. The monoisotopic (exact) mass is 1160 g/mol. The fraction of sp³-hybridized carbons (Fsp3) is 0.415. The number of alkyl halides is 6. The molecule has 4 aromatic carbocycles. The Bertz CT molecular complexity index is 2780. The summed E-state index contributed by atoms with van der Waals surface area (Å²) in [7, 11) is 13.2. The molecule has 0 radical (unpaired) electrons. The van der Waals surface area contributed by atoms with Crippen molar-refractivity contribution in [2.75, 3.05) is 44.5 Å². The van der Waals surface area contributed by atoms with Gasteiger partial charge >= 0.3 is 58.5 Å². The zero-order valence-corrected chi connectivity index (χ0v) is 47.1. The van der Waals surface area contributed by atoms with E-state index >= 15 is 0 Å². The Morgan fingerprint density at radius 3 is 1.79 bits per heavy atom. The number of carbonyl (C=O) groups excluding carboxylic acids is 3. The van der Waals surface area contributed by atoms with E-state index in [2.05, 4.69) is 51.5 Å². The number of anilines is 2. The molecule has 0 fully saturated rings. The number of nitrogens with zero attached hydrogens (tertiary/aromatic N) is 1. The standard InChI is InChI=1S/C14H12F3NO2.C11H13NO2.C11H15N.C11H12O2.C6H7F3O3.2ClH.H3NO.Zn/c15-14(16,17)10-6-13(19)20-12-7-11-8(5-9(10)12)3-1-2-4-18-11;1-14-9-6-5-8-3-2-4-11(12-13)10(8)7-9;1-9-5-6-10-4-2-3-7-12-11(10)8-9;1-13-9-6-5-8-3-2-4-11(12)10(8)7-9;1-2-12-5(11)3-4(10)6(7,8)9;;;1-2;/h5-7,18H,1-4H2;5-7,13H,2-4H2,1H3;5-6,8,12H,2-4,7H2,1H3;5-7H,2-4H2,1H3;2-3H2,1H3;2*1H;2H,1H2;/q;;;;;;;;+2/p-2/b;12-11+;;;;;;;. The molecule has 1 aromatic heterocycles. The number of ketones is 2. The molecule has 0 amide bonds. The van der Waals surface area contributed by atoms with Crippen LogP contribution in [0.3, 0.4) is 0 Å². The minimum atomic E-state index is -4.95. The molecule has 0 saturated heterocycles. The summed E-state index contributed by atoms with van der Waals surface area (Å²) in [6.07, 6.45) is 1.33. The second-order valence-corrected chi connectivity index (χ2v) is 21.8. The van der Waals surface area contributed by atoms with Gasteiger partial charge in [0.25, 0.3) is 0 Å². The molecule has 0 saturated carbocycles. The molecule has 3 heterocycles. The van der Waals surface area contributed by atoms with E-state index in [1.54, 1.807) is 14.2 Å². The number of benzene rings is 4. The molecule has 23 heteroatoms. The number of methoxy groups -OCH3 is 2. The molecule has 9 rings (SSSR count). The van der Waals surface area contributed by atoms with Gasteiger partial charge in [-0.05, 0) is 149 Å². The van der Waals surface area contributed by atoms with Gasteiger partial charge < -0.3 is 39.7 Å². The number of halogens is 8. The van der Waals surface area contributed by atoms with Crippen molar-refractivity contribution >= 4 is 65.0 Å². The van der Waals surface area contributed by atoms with E-state index in [-0.39, 0.29) is 23.4 Å². The quantitative estimate of drug-likeness (QED) is 0.0211. The van der Waals surface area contributed by atoms with Crippen molar-refractivity contribution in [1.29, 1.82) is 0 Å². The Balaban J connectivity index is 0.000000248. The van der Waals surface area contributed by atoms with Crippen molar-refractivity contribution in [3.8, 4) is 11.5 Å². The molecule has 0 bridgehead atoms. The van der Waals surface area contributed by atoms with Gasteiger partial charge in [0.15, 0.2) is 5.78 Å². The molecular weight excluding hydrogens is 1100 g/mol. The van der Waals surface area contributed by atoms with E-state index in [9.17, 15) is 45.5 Å². The number of fused-ring (bicyclic) bond motifs is 5. The SMILES string of the molecule is CCOC(=O)CC(=O)C(F)(F)F.COc1ccc2c(c1)/C(=N/O)CCC2.COc1ccc2c(c1)C(=O)CCC2.Cc1ccc2c(c1)NCCCC2.NO.O=c1cc(C(F)(F)F)c2cc3c(cc2o1)NCCCC3.[Cl][Zn][Cl]. The third-order valence-electron chi connectivity index (χ3n) is 11.9. The van der Waals surface area contributed by atoms with Gasteiger partial charge in [-0.2, -0.15) is 26.3 Å². The zero-order valence-electron chi connectivity index (χ0n) is 42.7. The summed E-state index contributed by atoms with van der Waals surface area (Å²) in [5, 5.41) is 25.2. The number of Topliss-reactive ketones (excluding diaryl/α,β-unsaturated/α-hetero) is 2. The van der Waals surface area contributed by atoms with E-state index in [0.717, 1.165) is 103 Å². The number of nitrogens with two attached hydrogens (primary N) is 1. The Labute approximate surface area is 452 Å². The topological polar surface area (TPSA) is 212 Å². The Morgan fingerprint density at radius 2 is 1.24 bits per heavy atom. The summed E-state index contributed by atoms with van der Waals surface area (Å²) in [5.74, 6) is 2.10. The molecule has 412 valence electrons. The number of nitrogens with one attached hydrogen (secondary N) is 2. The third kappa shape index (κ3) is 20.7. The van der Waals surface area contributed by atoms with Crippen LogP contribution in [0.5, 0.6) is 11.5 Å². The predicted molar refractivity (Wildman–Crippen MR) is 276 cm³/mol. The second-order valence-electron chi connectivity index (χ2n) is 17.1. The molecule has 0 unspecified atom stereocenters. The number of esters is 1. The number of hydrogen-bond donors (Lipinski definition) is 5. The summed E-state index contributed by atoms with van der Waals surface area (Å²) < 4.78 is 92.8. The molecule has 5 aromatic rings. The maximum atomic E-state index is 13.0. The van der Waals surface area contributed by atoms with Crippen LogP contribution >= 0.6 is 19.4 Å². The van der Waals surface area contributed by atoms with Crippen LogP contribution in [-0.2, 0) is 61.3 Å². The van der Waals surface area contributed by atoms with Gasteiger partial charge in [0, 0.05) is 59.5 Å². The van der Waals surface area contributed by atoms with Crippen LogP contribution in [0.1, 0.15) is 114 Å². The van der Waals surface area contributed by atoms with Gasteiger partial charge in [0.05, 0.1) is 32.1 Å². The first-order valence-electron chi connectivity index (χ1n) is 24.2. The van der Waals surface area contributed by atoms with Crippen LogP contribution in [0.2, 0.25) is 0 Å². The third-order valence-corrected chi connectivity index (χ3v) is 11.9. The number of oxime groups is 1. The number of ether oxygens (including phenoxy) is 3. The Morgan fingerprint density at radius 1 is 0.711 bits per heavy atom. The average Bonchev–Trinajstić information content (AvgIpc) is 3.78. The van der Waals surface area contributed by atoms with Gasteiger partial charge in [-0.25, -0.2) is 10.7 Å². The summed E-state index contributed by atoms with van der Waals surface area (Å²) in [4.78, 5) is 43.3. The van der Waals surface area contributed by atoms with Crippen LogP contribution in [0, 0.1) is 6.92 Å². The second kappa shape index (κ2) is 32.8. The maximum absolute atomic E-state index is 13.0. The van der Waals surface area contributed by atoms with Crippen molar-refractivity contribution in [3.05, 3.63) is 128 Å². The van der Waals surface area contributed by atoms with Crippen LogP contribution in [0.25, 0.3) is 11.0 Å². The van der Waals surface area contributed by atoms with Gasteiger partial charge in [0.1, 0.15) is 23.5 Å². The van der Waals surface area contributed by atoms with E-state index < -0.39 is 56.9 Å². The molecule has 14 nitrogen and oxygen atoms in total. The molecule has 0 atom stereocenters. The van der Waals surface area contributed by atoms with Crippen LogP contribution < -0.4 is 31.6 Å². The molecular formula is C53H62Cl2F6N4O10Zn. The van der Waals surface area contributed by atoms with E-state index in [1.165, 1.54) is 60.7 Å². The van der Waals surface area contributed by atoms with E-state index in [0.29, 0.717) is 18.9 Å². The first-order chi connectivity index (χ1) is 36.3. The Hall–Kier alpha value is -5.73. The summed E-state index contributed by atoms with van der Waals surface area (Å²) in [6, 6.07) is 21.9. The van der Waals surface area contributed by atoms with Gasteiger partial charge in [0.2, 0.25) is 5.78 Å². The summed E-state index contributed by atoms with van der Waals surface area (Å²) in [6.45, 7) is 5.45. The van der Waals surface area contributed by atoms with Crippen LogP contribution in [0.4, 0.5) is 37.7 Å². The molecule has 6 N–H and O–H groups in total. The first-order valence-corrected chi connectivity index (χ1v) is 32.0. The number of aryl methyl sites for hydroxylation is 5. The van der Waals surface area contributed by atoms with E-state index in [4.69, 9.17) is 43.7 Å². The van der Waals surface area contributed by atoms with Crippen molar-refractivity contribution < 1.29 is 84.9 Å². The average molecular weight is 1170 g/mol. The van der Waals surface area contributed by atoms with Crippen molar-refractivity contribution in [2.24, 2.45) is 11.1 Å². The van der Waals surface area contributed by atoms with Crippen LogP contribution in [-0.4, -0.2) is 73.8 Å². The molecule has 0 spiro atoms. The molecule has 4 aliphatic rings. The summed E-state index contributed by atoms with van der Waals surface area (Å²) >= 11 is -0.931. The van der Waals surface area contributed by atoms with Gasteiger partial charge in [-0.15, -0.1) is 0 Å². The molecule has 2 aliphatic carbocycles. The van der Waals surface area contributed by atoms with Gasteiger partial charge in [-0.3, -0.25) is 14.4 Å². The first kappa shape index (κ1) is 64.6. The van der Waals surface area contributed by atoms with E-state index in [1.807, 2.05) is 36.4 Å². The number of hydrogen-bond acceptors (Lipinski definition) is 14. The Kier molecular flexibility index (Phi) is 27.8. The fourth-order valence-electron chi connectivity index (χ4n) is 8.29. The van der Waals surface area contributed by atoms with Crippen molar-refractivity contribution in [2.45, 2.75) is 110 Å². The fourth-order valence-corrected chi connectivity index (χ4v) is 8.29.